The van der Waals surface area contributed by atoms with Crippen LogP contribution in [0.25, 0.3) is 0 Å². The average molecular weight is 194 g/mol. The SMILES string of the molecule is NNc1ncc(OC(F)(F)F)cn1. The molecule has 72 valence electrons. The van der Waals surface area contributed by atoms with Gasteiger partial charge in [-0.3, -0.25) is 5.43 Å². The monoisotopic (exact) mass is 194 g/mol. The van der Waals surface area contributed by atoms with E-state index in [1.54, 1.807) is 0 Å². The minimum Gasteiger partial charge on any atom is -0.402 e. The summed E-state index contributed by atoms with van der Waals surface area (Å²) in [6.45, 7) is 0. The van der Waals surface area contributed by atoms with Crippen LogP contribution in [0.4, 0.5) is 19.1 Å². The molecule has 0 saturated heterocycles. The van der Waals surface area contributed by atoms with Crippen molar-refractivity contribution < 1.29 is 17.9 Å². The Bertz CT molecular complexity index is 272. The Morgan fingerprint density at radius 2 is 1.85 bits per heavy atom. The van der Waals surface area contributed by atoms with E-state index in [1.165, 1.54) is 0 Å². The molecule has 1 aromatic rings. The van der Waals surface area contributed by atoms with Crippen molar-refractivity contribution >= 4 is 5.95 Å². The number of aromatic nitrogens is 2. The van der Waals surface area contributed by atoms with E-state index in [9.17, 15) is 13.2 Å². The highest BCUT2D eigenvalue weighted by atomic mass is 19.4. The van der Waals surface area contributed by atoms with E-state index in [2.05, 4.69) is 20.1 Å². The van der Waals surface area contributed by atoms with E-state index < -0.39 is 12.1 Å². The lowest BCUT2D eigenvalue weighted by Gasteiger charge is -2.07. The normalized spacial score (nSPS) is 11.1. The van der Waals surface area contributed by atoms with E-state index in [0.717, 1.165) is 12.4 Å². The van der Waals surface area contributed by atoms with E-state index in [4.69, 9.17) is 5.84 Å². The highest BCUT2D eigenvalue weighted by Crippen LogP contribution is 2.20. The van der Waals surface area contributed by atoms with Gasteiger partial charge in [0.1, 0.15) is 0 Å². The van der Waals surface area contributed by atoms with Crippen LogP contribution in [0.1, 0.15) is 0 Å². The second-order valence-electron chi connectivity index (χ2n) is 1.93. The maximum absolute atomic E-state index is 11.6. The van der Waals surface area contributed by atoms with Crippen LogP contribution in [-0.4, -0.2) is 16.3 Å². The van der Waals surface area contributed by atoms with Crippen LogP contribution in [0.2, 0.25) is 0 Å². The van der Waals surface area contributed by atoms with Gasteiger partial charge in [-0.2, -0.15) is 0 Å². The number of nitrogen functional groups attached to an aromatic ring is 1. The zero-order valence-electron chi connectivity index (χ0n) is 6.17. The lowest BCUT2D eigenvalue weighted by Crippen LogP contribution is -2.18. The number of hydrazine groups is 1. The zero-order valence-corrected chi connectivity index (χ0v) is 6.17. The summed E-state index contributed by atoms with van der Waals surface area (Å²) in [6, 6.07) is 0. The van der Waals surface area contributed by atoms with Crippen molar-refractivity contribution in [3.63, 3.8) is 0 Å². The van der Waals surface area contributed by atoms with Crippen LogP contribution >= 0.6 is 0 Å². The number of halogens is 3. The van der Waals surface area contributed by atoms with Crippen molar-refractivity contribution in [3.05, 3.63) is 12.4 Å². The quantitative estimate of drug-likeness (QED) is 0.534. The Morgan fingerprint density at radius 1 is 1.31 bits per heavy atom. The van der Waals surface area contributed by atoms with Gasteiger partial charge < -0.3 is 4.74 Å². The summed E-state index contributed by atoms with van der Waals surface area (Å²) in [5.41, 5.74) is 2.06. The molecule has 0 aromatic carbocycles. The predicted octanol–water partition coefficient (Wildman–Crippen LogP) is 0.661. The first-order valence-corrected chi connectivity index (χ1v) is 3.05. The van der Waals surface area contributed by atoms with Gasteiger partial charge in [-0.1, -0.05) is 0 Å². The third kappa shape index (κ3) is 3.11. The summed E-state index contributed by atoms with van der Waals surface area (Å²) in [5, 5.41) is 0. The Balaban J connectivity index is 2.70. The number of hydrogen-bond acceptors (Lipinski definition) is 5. The number of rotatable bonds is 2. The molecule has 8 heteroatoms. The second kappa shape index (κ2) is 3.44. The Kier molecular flexibility index (Phi) is 2.52. The van der Waals surface area contributed by atoms with E-state index in [-0.39, 0.29) is 5.95 Å². The molecule has 0 aliphatic heterocycles. The molecule has 0 amide bonds. The van der Waals surface area contributed by atoms with E-state index in [1.807, 2.05) is 0 Å². The predicted molar refractivity (Wildman–Crippen MR) is 36.5 cm³/mol. The van der Waals surface area contributed by atoms with Crippen molar-refractivity contribution in [2.75, 3.05) is 5.43 Å². The summed E-state index contributed by atoms with van der Waals surface area (Å²) in [6.07, 6.45) is -3.02. The minimum absolute atomic E-state index is 0.00882. The molecule has 3 N–H and O–H groups in total. The van der Waals surface area contributed by atoms with E-state index in [0.29, 0.717) is 0 Å². The summed E-state index contributed by atoms with van der Waals surface area (Å²) < 4.78 is 38.3. The first-order valence-electron chi connectivity index (χ1n) is 3.05. The number of alkyl halides is 3. The minimum atomic E-state index is -4.74. The number of anilines is 1. The summed E-state index contributed by atoms with van der Waals surface area (Å²) in [5.74, 6) is 4.40. The van der Waals surface area contributed by atoms with Gasteiger partial charge in [0.05, 0.1) is 12.4 Å². The number of nitrogens with one attached hydrogen (secondary N) is 1. The Morgan fingerprint density at radius 3 is 2.23 bits per heavy atom. The fourth-order valence-corrected chi connectivity index (χ4v) is 0.577. The Labute approximate surface area is 70.7 Å². The highest BCUT2D eigenvalue weighted by Gasteiger charge is 2.31. The van der Waals surface area contributed by atoms with Crippen LogP contribution in [0.3, 0.4) is 0 Å². The molecule has 1 heterocycles. The molecule has 0 aliphatic carbocycles. The molecular weight excluding hydrogens is 189 g/mol. The molecule has 0 saturated carbocycles. The van der Waals surface area contributed by atoms with Gasteiger partial charge in [-0.05, 0) is 0 Å². The second-order valence-corrected chi connectivity index (χ2v) is 1.93. The molecule has 0 aliphatic rings. The topological polar surface area (TPSA) is 73.1 Å². The molecule has 0 bridgehead atoms. The van der Waals surface area contributed by atoms with Crippen molar-refractivity contribution in [2.24, 2.45) is 5.84 Å². The first-order chi connectivity index (χ1) is 6.01. The number of ether oxygens (including phenoxy) is 1. The molecule has 0 atom stereocenters. The van der Waals surface area contributed by atoms with Crippen LogP contribution in [-0.2, 0) is 0 Å². The largest absolute Gasteiger partial charge is 0.573 e. The maximum atomic E-state index is 11.6. The van der Waals surface area contributed by atoms with Crippen LogP contribution in [0, 0.1) is 0 Å². The standard InChI is InChI=1S/C5H5F3N4O/c6-5(7,8)13-3-1-10-4(12-9)11-2-3/h1-2H,9H2,(H,10,11,12). The molecule has 0 spiro atoms. The molecule has 1 aromatic heterocycles. The molecule has 5 nitrogen and oxygen atoms in total. The molecule has 0 unspecified atom stereocenters. The summed E-state index contributed by atoms with van der Waals surface area (Å²) >= 11 is 0. The number of nitrogens with zero attached hydrogens (tertiary/aromatic N) is 2. The fourth-order valence-electron chi connectivity index (χ4n) is 0.577. The fraction of sp³-hybridized carbons (Fsp3) is 0.200. The van der Waals surface area contributed by atoms with Crippen LogP contribution < -0.4 is 16.0 Å². The van der Waals surface area contributed by atoms with Gasteiger partial charge in [0.15, 0.2) is 5.75 Å². The van der Waals surface area contributed by atoms with Gasteiger partial charge in [-0.15, -0.1) is 13.2 Å². The van der Waals surface area contributed by atoms with Crippen molar-refractivity contribution in [1.82, 2.24) is 9.97 Å². The van der Waals surface area contributed by atoms with Crippen LogP contribution in [0.15, 0.2) is 12.4 Å². The molecule has 1 rings (SSSR count). The number of nitrogens with two attached hydrogens (primary N) is 1. The average Bonchev–Trinajstić information content (AvgIpc) is 2.03. The van der Waals surface area contributed by atoms with Gasteiger partial charge in [-0.25, -0.2) is 15.8 Å². The van der Waals surface area contributed by atoms with Crippen molar-refractivity contribution in [1.29, 1.82) is 0 Å². The third-order valence-corrected chi connectivity index (χ3v) is 0.991. The van der Waals surface area contributed by atoms with Crippen molar-refractivity contribution in [2.45, 2.75) is 6.36 Å². The molecule has 0 fully saturated rings. The molecule has 13 heavy (non-hydrogen) atoms. The van der Waals surface area contributed by atoms with Gasteiger partial charge in [0, 0.05) is 0 Å². The van der Waals surface area contributed by atoms with Gasteiger partial charge in [0.2, 0.25) is 5.95 Å². The smallest absolute Gasteiger partial charge is 0.402 e. The Hall–Kier alpha value is -1.57. The highest BCUT2D eigenvalue weighted by molar-refractivity contribution is 5.25. The lowest BCUT2D eigenvalue weighted by molar-refractivity contribution is -0.274. The summed E-state index contributed by atoms with van der Waals surface area (Å²) in [4.78, 5) is 6.82. The van der Waals surface area contributed by atoms with Gasteiger partial charge >= 0.3 is 6.36 Å². The van der Waals surface area contributed by atoms with Crippen LogP contribution in [0.5, 0.6) is 5.75 Å². The zero-order chi connectivity index (χ0) is 9.90. The van der Waals surface area contributed by atoms with E-state index >= 15 is 0 Å². The third-order valence-electron chi connectivity index (χ3n) is 0.991. The number of hydrogen-bond donors (Lipinski definition) is 2. The van der Waals surface area contributed by atoms with Gasteiger partial charge in [0.25, 0.3) is 0 Å². The first kappa shape index (κ1) is 9.52. The molecule has 0 radical (unpaired) electrons. The maximum Gasteiger partial charge on any atom is 0.573 e. The molecular formula is C5H5F3N4O. The summed E-state index contributed by atoms with van der Waals surface area (Å²) in [7, 11) is 0. The van der Waals surface area contributed by atoms with Crippen molar-refractivity contribution in [3.8, 4) is 5.75 Å². The lowest BCUT2D eigenvalue weighted by atomic mass is 10.6.